The fourth-order valence-electron chi connectivity index (χ4n) is 1.89. The van der Waals surface area contributed by atoms with Crippen LogP contribution in [0.15, 0.2) is 0 Å². The Hall–Kier alpha value is 0.452. The highest BCUT2D eigenvalue weighted by molar-refractivity contribution is 6.51. The Morgan fingerprint density at radius 1 is 0.941 bits per heavy atom. The first-order chi connectivity index (χ1) is 8.13. The zero-order valence-electron chi connectivity index (χ0n) is 12.5. The van der Waals surface area contributed by atoms with Crippen LogP contribution < -0.4 is 0 Å². The zero-order chi connectivity index (χ0) is 13.1. The molecule has 0 spiro atoms. The molecule has 0 fully saturated rings. The van der Waals surface area contributed by atoms with Crippen LogP contribution in [0.2, 0.25) is 10.6 Å². The molecule has 0 saturated carbocycles. The van der Waals surface area contributed by atoms with Crippen LogP contribution in [-0.4, -0.2) is 26.9 Å². The molecule has 0 N–H and O–H groups in total. The molecule has 102 valence electrons. The van der Waals surface area contributed by atoms with Gasteiger partial charge in [-0.25, -0.2) is 0 Å². The summed E-state index contributed by atoms with van der Waals surface area (Å²) in [4.78, 5) is 0. The smallest absolute Gasteiger partial charge is 0.462 e. The standard InChI is InChI=1S/C6H13O2.2C4H9.Al/c1-4-6(7)8-5(2)3;2*1-3-4-2;/h5-6H,4H2,1-3H3;2*1,3-4H2,2H3;/q-1;;;+1. The normalized spacial score (nSPS) is 13.1. The average Bonchev–Trinajstić information content (AvgIpc) is 2.30. The maximum absolute atomic E-state index is 6.23. The summed E-state index contributed by atoms with van der Waals surface area (Å²) < 4.78 is 12.0. The molecule has 0 bridgehead atoms. The summed E-state index contributed by atoms with van der Waals surface area (Å²) in [5.41, 5.74) is 0. The number of ether oxygens (including phenoxy) is 1. The molecule has 17 heavy (non-hydrogen) atoms. The Balaban J connectivity index is 4.06. The first-order valence-electron chi connectivity index (χ1n) is 7.44. The molecule has 1 unspecified atom stereocenters. The predicted octanol–water partition coefficient (Wildman–Crippen LogP) is 4.76. The van der Waals surface area contributed by atoms with E-state index in [2.05, 4.69) is 34.6 Å². The molecule has 0 aromatic rings. The third-order valence-electron chi connectivity index (χ3n) is 2.86. The molecule has 0 aliphatic heterocycles. The van der Waals surface area contributed by atoms with E-state index >= 15 is 0 Å². The van der Waals surface area contributed by atoms with Crippen LogP contribution in [0.5, 0.6) is 0 Å². The fraction of sp³-hybridized carbons (Fsp3) is 1.00. The maximum atomic E-state index is 6.23. The van der Waals surface area contributed by atoms with E-state index in [0.717, 1.165) is 6.42 Å². The van der Waals surface area contributed by atoms with Gasteiger partial charge in [0, 0.05) is 0 Å². The van der Waals surface area contributed by atoms with Crippen molar-refractivity contribution in [3.63, 3.8) is 0 Å². The van der Waals surface area contributed by atoms with Crippen molar-refractivity contribution in [2.24, 2.45) is 0 Å². The minimum atomic E-state index is -1.03. The van der Waals surface area contributed by atoms with E-state index in [1.807, 2.05) is 0 Å². The molecule has 0 aliphatic carbocycles. The lowest BCUT2D eigenvalue weighted by atomic mass is 10.4. The molecule has 0 radical (unpaired) electrons. The lowest BCUT2D eigenvalue weighted by Gasteiger charge is -2.24. The lowest BCUT2D eigenvalue weighted by molar-refractivity contribution is -0.112. The molecule has 0 heterocycles. The van der Waals surface area contributed by atoms with E-state index in [-0.39, 0.29) is 12.4 Å². The van der Waals surface area contributed by atoms with Gasteiger partial charge in [-0.3, -0.25) is 0 Å². The van der Waals surface area contributed by atoms with Gasteiger partial charge in [-0.15, -0.1) is 0 Å². The van der Waals surface area contributed by atoms with Crippen molar-refractivity contribution in [2.45, 2.75) is 89.7 Å². The van der Waals surface area contributed by atoms with Crippen molar-refractivity contribution >= 4 is 14.5 Å². The van der Waals surface area contributed by atoms with Crippen molar-refractivity contribution in [3.8, 4) is 0 Å². The molecule has 0 aromatic heterocycles. The molecular weight excluding hydrogens is 227 g/mol. The maximum Gasteiger partial charge on any atom is 0.462 e. The van der Waals surface area contributed by atoms with Crippen LogP contribution in [-0.2, 0) is 8.53 Å². The van der Waals surface area contributed by atoms with Gasteiger partial charge in [0.2, 0.25) is 0 Å². The topological polar surface area (TPSA) is 18.5 Å². The van der Waals surface area contributed by atoms with Crippen molar-refractivity contribution in [1.82, 2.24) is 0 Å². The predicted molar refractivity (Wildman–Crippen MR) is 76.6 cm³/mol. The summed E-state index contributed by atoms with van der Waals surface area (Å²) in [6.45, 7) is 10.8. The van der Waals surface area contributed by atoms with Crippen LogP contribution in [0, 0.1) is 0 Å². The third kappa shape index (κ3) is 10.1. The Morgan fingerprint density at radius 2 is 1.47 bits per heavy atom. The van der Waals surface area contributed by atoms with Gasteiger partial charge in [0.05, 0.1) is 6.10 Å². The van der Waals surface area contributed by atoms with Gasteiger partial charge in [-0.2, -0.15) is 0 Å². The van der Waals surface area contributed by atoms with E-state index in [0.29, 0.717) is 0 Å². The van der Waals surface area contributed by atoms with Crippen LogP contribution in [0.3, 0.4) is 0 Å². The number of hydrogen-bond donors (Lipinski definition) is 0. The summed E-state index contributed by atoms with van der Waals surface area (Å²) in [5.74, 6) is 0. The minimum absolute atomic E-state index is 0.0420. The van der Waals surface area contributed by atoms with Crippen molar-refractivity contribution < 1.29 is 8.53 Å². The minimum Gasteiger partial charge on any atom is -0.478 e. The molecule has 1 atom stereocenters. The second-order valence-corrected chi connectivity index (χ2v) is 7.74. The first kappa shape index (κ1) is 17.5. The van der Waals surface area contributed by atoms with E-state index < -0.39 is 14.5 Å². The highest BCUT2D eigenvalue weighted by Crippen LogP contribution is 2.15. The first-order valence-corrected chi connectivity index (χ1v) is 9.55. The highest BCUT2D eigenvalue weighted by Gasteiger charge is 2.23. The quantitative estimate of drug-likeness (QED) is 0.393. The van der Waals surface area contributed by atoms with Gasteiger partial charge in [0.15, 0.2) is 0 Å². The van der Waals surface area contributed by atoms with Crippen LogP contribution >= 0.6 is 0 Å². The Bertz CT molecular complexity index is 154. The largest absolute Gasteiger partial charge is 0.478 e. The Labute approximate surface area is 113 Å². The molecule has 3 heteroatoms. The fourth-order valence-corrected chi connectivity index (χ4v) is 4.86. The molecule has 0 rings (SSSR count). The van der Waals surface area contributed by atoms with Gasteiger partial charge >= 0.3 is 14.5 Å². The molecule has 0 saturated heterocycles. The van der Waals surface area contributed by atoms with Crippen LogP contribution in [0.4, 0.5) is 0 Å². The summed E-state index contributed by atoms with van der Waals surface area (Å²) in [6, 6.07) is 0. The Morgan fingerprint density at radius 3 is 1.82 bits per heavy atom. The summed E-state index contributed by atoms with van der Waals surface area (Å²) in [6.07, 6.45) is 6.48. The van der Waals surface area contributed by atoms with Gasteiger partial charge in [-0.05, 0) is 20.3 Å². The van der Waals surface area contributed by atoms with Crippen LogP contribution in [0.1, 0.15) is 66.7 Å². The zero-order valence-corrected chi connectivity index (χ0v) is 13.7. The highest BCUT2D eigenvalue weighted by atomic mass is 27.2. The van der Waals surface area contributed by atoms with E-state index in [1.54, 1.807) is 0 Å². The SMILES string of the molecule is CCC[CH2][Al]([CH2]CCC)[O]C(CC)OC(C)C. The summed E-state index contributed by atoms with van der Waals surface area (Å²) in [7, 11) is 0. The van der Waals surface area contributed by atoms with E-state index in [4.69, 9.17) is 8.53 Å². The van der Waals surface area contributed by atoms with Gasteiger partial charge < -0.3 is 8.53 Å². The number of unbranched alkanes of at least 4 members (excludes halogenated alkanes) is 2. The molecule has 0 aliphatic rings. The second kappa shape index (κ2) is 11.5. The van der Waals surface area contributed by atoms with Crippen molar-refractivity contribution in [3.05, 3.63) is 0 Å². The molecule has 2 nitrogen and oxygen atoms in total. The molecular formula is C14H31AlO2. The molecule has 0 amide bonds. The number of rotatable bonds is 11. The van der Waals surface area contributed by atoms with Crippen molar-refractivity contribution in [1.29, 1.82) is 0 Å². The average molecular weight is 258 g/mol. The van der Waals surface area contributed by atoms with E-state index in [1.165, 1.54) is 36.2 Å². The van der Waals surface area contributed by atoms with E-state index in [9.17, 15) is 0 Å². The Kier molecular flexibility index (Phi) is 11.8. The summed E-state index contributed by atoms with van der Waals surface area (Å²) >= 11 is -1.03. The van der Waals surface area contributed by atoms with Gasteiger partial charge in [0.1, 0.15) is 6.29 Å². The van der Waals surface area contributed by atoms with Gasteiger partial charge in [-0.1, -0.05) is 57.0 Å². The lowest BCUT2D eigenvalue weighted by Crippen LogP contribution is -2.29. The summed E-state index contributed by atoms with van der Waals surface area (Å²) in [5, 5.41) is 2.63. The van der Waals surface area contributed by atoms with Crippen molar-refractivity contribution in [2.75, 3.05) is 0 Å². The monoisotopic (exact) mass is 258 g/mol. The van der Waals surface area contributed by atoms with Crippen LogP contribution in [0.25, 0.3) is 0 Å². The van der Waals surface area contributed by atoms with Gasteiger partial charge in [0.25, 0.3) is 0 Å². The molecule has 0 aromatic carbocycles. The third-order valence-corrected chi connectivity index (χ3v) is 5.65. The number of hydrogen-bond acceptors (Lipinski definition) is 2. The second-order valence-electron chi connectivity index (χ2n) is 5.07.